The lowest BCUT2D eigenvalue weighted by atomic mass is 9.83. The topological polar surface area (TPSA) is 56.3 Å². The van der Waals surface area contributed by atoms with Crippen LogP contribution in [0.1, 0.15) is 40.3 Å². The molecule has 0 N–H and O–H groups in total. The Balaban J connectivity index is 1.69. The molecule has 0 spiro atoms. The van der Waals surface area contributed by atoms with Crippen molar-refractivity contribution in [3.05, 3.63) is 88.5 Å². The van der Waals surface area contributed by atoms with Gasteiger partial charge in [0.2, 0.25) is 5.95 Å². The van der Waals surface area contributed by atoms with Crippen LogP contribution >= 0.6 is 0 Å². The van der Waals surface area contributed by atoms with Crippen LogP contribution in [0, 0.1) is 5.95 Å². The lowest BCUT2D eigenvalue weighted by Gasteiger charge is -2.28. The van der Waals surface area contributed by atoms with Gasteiger partial charge in [0.25, 0.3) is 0 Å². The molecule has 34 heavy (non-hydrogen) atoms. The summed E-state index contributed by atoms with van der Waals surface area (Å²) in [6.45, 7) is -0.599. The molecule has 4 rings (SSSR count). The lowest BCUT2D eigenvalue weighted by Crippen LogP contribution is -2.18. The summed E-state index contributed by atoms with van der Waals surface area (Å²) in [5.41, 5.74) is 0.615. The minimum atomic E-state index is -4.54. The van der Waals surface area contributed by atoms with Crippen molar-refractivity contribution >= 4 is 9.84 Å². The van der Waals surface area contributed by atoms with Crippen molar-refractivity contribution in [2.45, 2.75) is 35.6 Å². The molecule has 0 bridgehead atoms. The Bertz CT molecular complexity index is 1310. The first-order chi connectivity index (χ1) is 16.1. The smallest absolute Gasteiger partial charge is 0.416 e. The van der Waals surface area contributed by atoms with E-state index in [0.717, 1.165) is 18.2 Å². The van der Waals surface area contributed by atoms with Crippen LogP contribution in [0.5, 0.6) is 5.75 Å². The predicted octanol–water partition coefficient (Wildman–Crippen LogP) is 5.64. The zero-order valence-corrected chi connectivity index (χ0v) is 18.6. The van der Waals surface area contributed by atoms with Gasteiger partial charge in [0.05, 0.1) is 35.2 Å². The van der Waals surface area contributed by atoms with Crippen LogP contribution in [0.4, 0.5) is 22.0 Å². The first-order valence-corrected chi connectivity index (χ1v) is 12.1. The molecule has 0 fully saturated rings. The molecule has 1 atom stereocenters. The molecule has 2 aromatic carbocycles. The van der Waals surface area contributed by atoms with Crippen molar-refractivity contribution < 1.29 is 35.1 Å². The van der Waals surface area contributed by atoms with Crippen molar-refractivity contribution in [2.75, 3.05) is 13.3 Å². The number of aryl methyl sites for hydroxylation is 1. The lowest BCUT2D eigenvalue weighted by molar-refractivity contribution is -0.137. The summed E-state index contributed by atoms with van der Waals surface area (Å²) in [4.78, 5) is 3.54. The summed E-state index contributed by atoms with van der Waals surface area (Å²) in [6.07, 6.45) is -4.27. The molecule has 0 saturated carbocycles. The monoisotopic (exact) mass is 497 g/mol. The molecule has 2 heterocycles. The number of benzene rings is 2. The van der Waals surface area contributed by atoms with E-state index in [1.165, 1.54) is 30.3 Å². The van der Waals surface area contributed by atoms with Gasteiger partial charge in [-0.2, -0.15) is 17.6 Å². The van der Waals surface area contributed by atoms with Crippen LogP contribution in [-0.4, -0.2) is 26.7 Å². The Kier molecular flexibility index (Phi) is 6.62. The fourth-order valence-electron chi connectivity index (χ4n) is 4.14. The third-order valence-electron chi connectivity index (χ3n) is 5.70. The van der Waals surface area contributed by atoms with E-state index < -0.39 is 40.0 Å². The predicted molar refractivity (Wildman–Crippen MR) is 115 cm³/mol. The fourth-order valence-corrected chi connectivity index (χ4v) is 5.41. The van der Waals surface area contributed by atoms with Gasteiger partial charge in [-0.25, -0.2) is 13.4 Å². The molecule has 0 radical (unpaired) electrons. The van der Waals surface area contributed by atoms with E-state index in [-0.39, 0.29) is 40.8 Å². The number of hydrogen-bond acceptors (Lipinski definition) is 4. The minimum absolute atomic E-state index is 0.0469. The van der Waals surface area contributed by atoms with Crippen LogP contribution < -0.4 is 4.74 Å². The van der Waals surface area contributed by atoms with Crippen molar-refractivity contribution in [1.29, 1.82) is 0 Å². The first-order valence-electron chi connectivity index (χ1n) is 10.5. The first kappa shape index (κ1) is 24.1. The molecule has 0 saturated heterocycles. The largest absolute Gasteiger partial charge is 0.493 e. The molecule has 4 nitrogen and oxygen atoms in total. The van der Waals surface area contributed by atoms with Gasteiger partial charge in [0.15, 0.2) is 9.84 Å². The van der Waals surface area contributed by atoms with Gasteiger partial charge in [-0.15, -0.1) is 0 Å². The number of halogens is 5. The summed E-state index contributed by atoms with van der Waals surface area (Å²) in [5.74, 6) is -1.39. The van der Waals surface area contributed by atoms with E-state index in [0.29, 0.717) is 17.5 Å². The maximum Gasteiger partial charge on any atom is 0.416 e. The minimum Gasteiger partial charge on any atom is -0.493 e. The maximum absolute atomic E-state index is 13.3. The third-order valence-corrected chi connectivity index (χ3v) is 7.35. The molecule has 10 heteroatoms. The van der Waals surface area contributed by atoms with Crippen molar-refractivity contribution in [3.63, 3.8) is 0 Å². The molecule has 0 aliphatic carbocycles. The Hall–Kier alpha value is -3.01. The van der Waals surface area contributed by atoms with Gasteiger partial charge in [-0.3, -0.25) is 4.39 Å². The normalized spacial score (nSPS) is 16.1. The standard InChI is InChI=1S/C24H20F5NO3S/c25-10-8-15-12-16(24(27,28)29)4-6-19(15)20-9-11-33-22-13-18(5-7-21(20)22)34(31,32)14-17-2-1-3-23(26)30-17/h1-7,12-13,20H,8-11,14H2/t20-/m1/s1. The number of nitrogens with zero attached hydrogens (tertiary/aromatic N) is 1. The number of ether oxygens (including phenoxy) is 1. The van der Waals surface area contributed by atoms with Crippen LogP contribution in [0.3, 0.4) is 0 Å². The average Bonchev–Trinajstić information content (AvgIpc) is 2.78. The van der Waals surface area contributed by atoms with E-state index in [4.69, 9.17) is 4.74 Å². The Labute approximate surface area is 193 Å². The number of sulfone groups is 1. The molecular weight excluding hydrogens is 477 g/mol. The molecular formula is C24H20F5NO3S. The van der Waals surface area contributed by atoms with Crippen molar-refractivity contribution in [2.24, 2.45) is 0 Å². The van der Waals surface area contributed by atoms with E-state index >= 15 is 0 Å². The second-order valence-electron chi connectivity index (χ2n) is 7.95. The van der Waals surface area contributed by atoms with Crippen molar-refractivity contribution in [1.82, 2.24) is 4.98 Å². The van der Waals surface area contributed by atoms with Crippen LogP contribution in [0.15, 0.2) is 59.5 Å². The fraction of sp³-hybridized carbons (Fsp3) is 0.292. The second-order valence-corrected chi connectivity index (χ2v) is 9.94. The van der Waals surface area contributed by atoms with E-state index in [9.17, 15) is 30.4 Å². The zero-order chi connectivity index (χ0) is 24.5. The van der Waals surface area contributed by atoms with Gasteiger partial charge < -0.3 is 4.74 Å². The Morgan fingerprint density at radius 1 is 1.03 bits per heavy atom. The SMILES string of the molecule is O=S(=O)(Cc1cccc(F)n1)c1ccc2c(c1)OCC[C@@H]2c1ccc(C(F)(F)F)cc1CCF. The molecule has 1 aromatic heterocycles. The number of alkyl halides is 4. The highest BCUT2D eigenvalue weighted by molar-refractivity contribution is 7.90. The second kappa shape index (κ2) is 9.32. The number of rotatable bonds is 6. The van der Waals surface area contributed by atoms with Crippen molar-refractivity contribution in [3.8, 4) is 5.75 Å². The molecule has 180 valence electrons. The van der Waals surface area contributed by atoms with Gasteiger partial charge >= 0.3 is 6.18 Å². The average molecular weight is 497 g/mol. The van der Waals surface area contributed by atoms with Gasteiger partial charge in [0.1, 0.15) is 5.75 Å². The number of pyridine rings is 1. The highest BCUT2D eigenvalue weighted by atomic mass is 32.2. The molecule has 3 aromatic rings. The molecule has 1 aliphatic heterocycles. The van der Waals surface area contributed by atoms with Gasteiger partial charge in [-0.1, -0.05) is 18.2 Å². The van der Waals surface area contributed by atoms with Crippen LogP contribution in [-0.2, 0) is 28.2 Å². The summed E-state index contributed by atoms with van der Waals surface area (Å²) >= 11 is 0. The maximum atomic E-state index is 13.3. The van der Waals surface area contributed by atoms with E-state index in [1.54, 1.807) is 6.07 Å². The Morgan fingerprint density at radius 2 is 1.79 bits per heavy atom. The summed E-state index contributed by atoms with van der Waals surface area (Å²) in [6, 6.07) is 11.5. The number of hydrogen-bond donors (Lipinski definition) is 0. The third kappa shape index (κ3) is 5.06. The van der Waals surface area contributed by atoms with Gasteiger partial charge in [-0.05, 0) is 53.9 Å². The summed E-state index contributed by atoms with van der Waals surface area (Å²) < 4.78 is 97.3. The molecule has 0 unspecified atom stereocenters. The highest BCUT2D eigenvalue weighted by Gasteiger charge is 2.33. The molecule has 0 amide bonds. The zero-order valence-electron chi connectivity index (χ0n) is 17.8. The Morgan fingerprint density at radius 3 is 2.50 bits per heavy atom. The highest BCUT2D eigenvalue weighted by Crippen LogP contribution is 2.42. The molecule has 1 aliphatic rings. The van der Waals surface area contributed by atoms with Crippen LogP contribution in [0.25, 0.3) is 0 Å². The number of fused-ring (bicyclic) bond motifs is 1. The van der Waals surface area contributed by atoms with Crippen LogP contribution in [0.2, 0.25) is 0 Å². The van der Waals surface area contributed by atoms with Gasteiger partial charge in [0, 0.05) is 17.9 Å². The van der Waals surface area contributed by atoms with E-state index in [1.807, 2.05) is 0 Å². The number of aromatic nitrogens is 1. The summed E-state index contributed by atoms with van der Waals surface area (Å²) in [5, 5.41) is 0. The quantitative estimate of drug-likeness (QED) is 0.327. The summed E-state index contributed by atoms with van der Waals surface area (Å²) in [7, 11) is -3.87. The van der Waals surface area contributed by atoms with E-state index in [2.05, 4.69) is 4.98 Å².